The summed E-state index contributed by atoms with van der Waals surface area (Å²) in [6.45, 7) is 0. The molecule has 32 heavy (non-hydrogen) atoms. The van der Waals surface area contributed by atoms with Gasteiger partial charge < -0.3 is 5.21 Å². The number of hydrogen-bond donors (Lipinski definition) is 2. The summed E-state index contributed by atoms with van der Waals surface area (Å²) in [6, 6.07) is 25.5. The van der Waals surface area contributed by atoms with Gasteiger partial charge in [0.1, 0.15) is 0 Å². The van der Waals surface area contributed by atoms with Crippen LogP contribution in [0.15, 0.2) is 97.1 Å². The van der Waals surface area contributed by atoms with Crippen molar-refractivity contribution in [3.05, 3.63) is 113 Å². The number of benzene rings is 3. The number of carbonyl (C=O) groups excluding carboxylic acids is 2. The molecule has 3 aromatic carbocycles. The lowest BCUT2D eigenvalue weighted by Crippen LogP contribution is -2.99. The van der Waals surface area contributed by atoms with E-state index in [2.05, 4.69) is 0 Å². The normalized spacial score (nSPS) is 25.6. The minimum Gasteiger partial charge on any atom is -0.595 e. The molecule has 1 unspecified atom stereocenters. The molecule has 0 spiro atoms. The Bertz CT molecular complexity index is 1110. The molecule has 2 aliphatic rings. The zero-order valence-electron chi connectivity index (χ0n) is 17.2. The largest absolute Gasteiger partial charge is 0.595 e. The molecule has 1 heterocycles. The van der Waals surface area contributed by atoms with Gasteiger partial charge in [-0.1, -0.05) is 78.9 Å². The van der Waals surface area contributed by atoms with Gasteiger partial charge in [0.15, 0.2) is 5.69 Å². The molecular weight excluding hydrogens is 404 g/mol. The van der Waals surface area contributed by atoms with Crippen molar-refractivity contribution in [2.75, 3.05) is 4.90 Å². The van der Waals surface area contributed by atoms with Crippen LogP contribution >= 0.6 is 0 Å². The van der Waals surface area contributed by atoms with Crippen molar-refractivity contribution >= 4 is 23.2 Å². The zero-order valence-corrected chi connectivity index (χ0v) is 17.2. The molecule has 1 fully saturated rings. The summed E-state index contributed by atoms with van der Waals surface area (Å²) in [5.41, 5.74) is 2.29. The lowest BCUT2D eigenvalue weighted by Gasteiger charge is -2.32. The lowest BCUT2D eigenvalue weighted by atomic mass is 9.68. The van der Waals surface area contributed by atoms with Crippen LogP contribution in [0.25, 0.3) is 0 Å². The molecule has 1 saturated heterocycles. The molecule has 5 atom stereocenters. The Labute approximate surface area is 185 Å². The zero-order chi connectivity index (χ0) is 22.2. The number of anilines is 1. The first kappa shape index (κ1) is 20.3. The predicted octanol–water partition coefficient (Wildman–Crippen LogP) is 3.33. The van der Waals surface area contributed by atoms with Gasteiger partial charge >= 0.3 is 0 Å². The van der Waals surface area contributed by atoms with Crippen LogP contribution in [0.2, 0.25) is 0 Å². The van der Waals surface area contributed by atoms with Crippen LogP contribution in [0, 0.1) is 17.0 Å². The summed E-state index contributed by atoms with van der Waals surface area (Å²) >= 11 is 0. The quantitative estimate of drug-likeness (QED) is 0.381. The molecule has 5 rings (SSSR count). The summed E-state index contributed by atoms with van der Waals surface area (Å²) in [6.07, 6.45) is 4.08. The topological polar surface area (TPSA) is 85.1 Å². The first-order valence-electron chi connectivity index (χ1n) is 10.6. The highest BCUT2D eigenvalue weighted by atomic mass is 16.8. The van der Waals surface area contributed by atoms with Gasteiger partial charge in [-0.3, -0.25) is 9.59 Å². The second-order valence-electron chi connectivity index (χ2n) is 8.18. The Hall–Kier alpha value is -3.58. The van der Waals surface area contributed by atoms with Crippen LogP contribution in [0.3, 0.4) is 0 Å². The van der Waals surface area contributed by atoms with Gasteiger partial charge in [0, 0.05) is 24.0 Å². The van der Waals surface area contributed by atoms with Crippen molar-refractivity contribution < 1.29 is 20.0 Å². The number of carbonyl (C=O) groups is 2. The van der Waals surface area contributed by atoms with E-state index in [0.717, 1.165) is 11.1 Å². The average Bonchev–Trinajstić information content (AvgIpc) is 3.10. The number of fused-ring (bicyclic) bond motifs is 1. The van der Waals surface area contributed by atoms with E-state index in [-0.39, 0.29) is 29.3 Å². The third-order valence-corrected chi connectivity index (χ3v) is 6.42. The second-order valence-corrected chi connectivity index (χ2v) is 8.18. The van der Waals surface area contributed by atoms with Crippen molar-refractivity contribution in [1.29, 1.82) is 0 Å². The molecule has 1 aliphatic heterocycles. The van der Waals surface area contributed by atoms with Crippen molar-refractivity contribution in [2.24, 2.45) is 11.8 Å². The van der Waals surface area contributed by atoms with Gasteiger partial charge in [0.05, 0.1) is 17.5 Å². The van der Waals surface area contributed by atoms with Crippen LogP contribution in [-0.4, -0.2) is 17.0 Å². The Morgan fingerprint density at radius 2 is 1.22 bits per heavy atom. The van der Waals surface area contributed by atoms with E-state index in [9.17, 15) is 20.0 Å². The Morgan fingerprint density at radius 1 is 0.719 bits per heavy atom. The lowest BCUT2D eigenvalue weighted by molar-refractivity contribution is -0.991. The maximum absolute atomic E-state index is 13.7. The number of nitrogens with zero attached hydrogens (tertiary/aromatic N) is 1. The van der Waals surface area contributed by atoms with E-state index in [0.29, 0.717) is 5.69 Å². The molecule has 0 radical (unpaired) electrons. The maximum Gasteiger partial charge on any atom is 0.238 e. The van der Waals surface area contributed by atoms with Crippen LogP contribution in [0.1, 0.15) is 23.0 Å². The highest BCUT2D eigenvalue weighted by molar-refractivity contribution is 6.23. The molecule has 160 valence electrons. The predicted molar refractivity (Wildman–Crippen MR) is 119 cm³/mol. The molecular formula is C26H22N2O4. The third kappa shape index (κ3) is 3.35. The summed E-state index contributed by atoms with van der Waals surface area (Å²) in [5, 5.41) is 19.7. The minimum atomic E-state index is -1.10. The van der Waals surface area contributed by atoms with E-state index in [1.54, 1.807) is 12.1 Å². The van der Waals surface area contributed by atoms with Crippen LogP contribution < -0.4 is 10.1 Å². The van der Waals surface area contributed by atoms with E-state index < -0.39 is 17.1 Å². The van der Waals surface area contributed by atoms with Crippen molar-refractivity contribution in [3.8, 4) is 0 Å². The van der Waals surface area contributed by atoms with Crippen molar-refractivity contribution in [3.63, 3.8) is 0 Å². The minimum absolute atomic E-state index is 0.0373. The van der Waals surface area contributed by atoms with Gasteiger partial charge in [-0.2, -0.15) is 5.23 Å². The highest BCUT2D eigenvalue weighted by Crippen LogP contribution is 2.50. The number of imide groups is 1. The Morgan fingerprint density at radius 3 is 1.69 bits per heavy atom. The maximum atomic E-state index is 13.7. The number of nitrogens with one attached hydrogen (secondary N) is 1. The SMILES string of the molecule is O=C1[C@@H]2[C@H](C(=O)N1c1cccc([NH+]([O-])O)c1)[C@H](c1ccccc1)C=C[C@H]2c1ccccc1. The monoisotopic (exact) mass is 426 g/mol. The fraction of sp³-hybridized carbons (Fsp3) is 0.154. The fourth-order valence-corrected chi connectivity index (χ4v) is 4.97. The molecule has 2 N–H and O–H groups in total. The summed E-state index contributed by atoms with van der Waals surface area (Å²) in [7, 11) is 0. The van der Waals surface area contributed by atoms with Gasteiger partial charge in [-0.15, -0.1) is 0 Å². The molecule has 0 aromatic heterocycles. The molecule has 1 aliphatic carbocycles. The van der Waals surface area contributed by atoms with Gasteiger partial charge in [0.25, 0.3) is 0 Å². The Kier molecular flexibility index (Phi) is 5.19. The summed E-state index contributed by atoms with van der Waals surface area (Å²) < 4.78 is 0. The van der Waals surface area contributed by atoms with E-state index >= 15 is 0 Å². The van der Waals surface area contributed by atoms with Gasteiger partial charge in [0.2, 0.25) is 11.8 Å². The molecule has 0 bridgehead atoms. The number of amides is 2. The van der Waals surface area contributed by atoms with Crippen molar-refractivity contribution in [1.82, 2.24) is 0 Å². The van der Waals surface area contributed by atoms with E-state index in [1.807, 2.05) is 72.8 Å². The van der Waals surface area contributed by atoms with Crippen LogP contribution in [-0.2, 0) is 9.59 Å². The molecule has 3 aromatic rings. The van der Waals surface area contributed by atoms with Gasteiger partial charge in [-0.05, 0) is 17.2 Å². The number of quaternary nitrogens is 1. The van der Waals surface area contributed by atoms with Crippen LogP contribution in [0.5, 0.6) is 0 Å². The second kappa shape index (κ2) is 8.16. The number of allylic oxidation sites excluding steroid dienone is 2. The number of rotatable bonds is 4. The first-order chi connectivity index (χ1) is 15.6. The standard InChI is InChI=1S/C26H22N2O4/c29-25-23-21(17-8-3-1-4-9-17)14-15-22(18-10-5-2-6-11-18)24(23)26(30)27(25)19-12-7-13-20(16-19)28(31)32/h1-16,21-24,28,31H/t21-,22-,23-,24+/m0/s1. The molecule has 0 saturated carbocycles. The van der Waals surface area contributed by atoms with E-state index in [1.165, 1.54) is 17.0 Å². The van der Waals surface area contributed by atoms with Crippen LogP contribution in [0.4, 0.5) is 11.4 Å². The first-order valence-corrected chi connectivity index (χ1v) is 10.6. The van der Waals surface area contributed by atoms with Crippen molar-refractivity contribution in [2.45, 2.75) is 11.8 Å². The molecule has 6 heteroatoms. The number of hydrogen-bond acceptors (Lipinski definition) is 4. The molecule has 2 amide bonds. The van der Waals surface area contributed by atoms with Gasteiger partial charge in [-0.25, -0.2) is 10.1 Å². The summed E-state index contributed by atoms with van der Waals surface area (Å²) in [4.78, 5) is 28.6. The van der Waals surface area contributed by atoms with E-state index in [4.69, 9.17) is 0 Å². The Balaban J connectivity index is 1.62. The molecule has 6 nitrogen and oxygen atoms in total. The third-order valence-electron chi connectivity index (χ3n) is 6.42. The highest BCUT2D eigenvalue weighted by Gasteiger charge is 2.55. The fourth-order valence-electron chi connectivity index (χ4n) is 4.97. The smallest absolute Gasteiger partial charge is 0.238 e. The average molecular weight is 426 g/mol. The summed E-state index contributed by atoms with van der Waals surface area (Å²) in [5.74, 6) is -2.17.